The van der Waals surface area contributed by atoms with Crippen LogP contribution >= 0.6 is 22.9 Å². The van der Waals surface area contributed by atoms with Crippen LogP contribution in [0.5, 0.6) is 11.5 Å². The van der Waals surface area contributed by atoms with Crippen LogP contribution in [0.3, 0.4) is 0 Å². The van der Waals surface area contributed by atoms with Crippen molar-refractivity contribution in [2.45, 2.75) is 0 Å². The molecule has 0 atom stereocenters. The van der Waals surface area contributed by atoms with Crippen LogP contribution in [0.15, 0.2) is 90.0 Å². The number of rotatable bonds is 6. The van der Waals surface area contributed by atoms with Crippen molar-refractivity contribution in [2.75, 3.05) is 7.11 Å². The molecule has 1 amide bonds. The van der Waals surface area contributed by atoms with E-state index >= 15 is 0 Å². The first kappa shape index (κ1) is 23.5. The van der Waals surface area contributed by atoms with Gasteiger partial charge >= 0.3 is 5.97 Å². The number of methoxy groups -OCH3 is 1. The fraction of sp³-hybridized carbons (Fsp3) is 0.0357. The summed E-state index contributed by atoms with van der Waals surface area (Å²) >= 11 is 7.66. The second kappa shape index (κ2) is 10.2. The Labute approximate surface area is 215 Å². The summed E-state index contributed by atoms with van der Waals surface area (Å²) in [5.74, 6) is 0.212. The van der Waals surface area contributed by atoms with Gasteiger partial charge < -0.3 is 9.47 Å². The Hall–Kier alpha value is -4.20. The summed E-state index contributed by atoms with van der Waals surface area (Å²) in [5, 5.41) is 7.02. The zero-order valence-electron chi connectivity index (χ0n) is 19.0. The summed E-state index contributed by atoms with van der Waals surface area (Å²) in [6, 6.07) is 25.4. The average Bonchev–Trinajstić information content (AvgIpc) is 3.24. The molecule has 0 aliphatic carbocycles. The van der Waals surface area contributed by atoms with Crippen molar-refractivity contribution in [1.29, 1.82) is 0 Å². The fourth-order valence-corrected chi connectivity index (χ4v) is 5.14. The van der Waals surface area contributed by atoms with Gasteiger partial charge in [0, 0.05) is 15.6 Å². The number of thiophene rings is 1. The second-order valence-electron chi connectivity index (χ2n) is 7.79. The van der Waals surface area contributed by atoms with Gasteiger partial charge in [0.2, 0.25) is 0 Å². The van der Waals surface area contributed by atoms with E-state index in [4.69, 9.17) is 21.1 Å². The van der Waals surface area contributed by atoms with Gasteiger partial charge in [0.05, 0.1) is 18.3 Å². The molecule has 36 heavy (non-hydrogen) atoms. The Bertz CT molecular complexity index is 1620. The highest BCUT2D eigenvalue weighted by Gasteiger charge is 2.19. The maximum Gasteiger partial charge on any atom is 0.355 e. The SMILES string of the molecule is COc1ccc2c(Cl)c(C(=O)Oc3ccc(/C=N/NC(=O)c4cccc5ccccc45)cc3)sc2c1. The number of hydrazone groups is 1. The molecule has 0 aliphatic rings. The van der Waals surface area contributed by atoms with Gasteiger partial charge in [0.1, 0.15) is 16.4 Å². The number of hydrogen-bond acceptors (Lipinski definition) is 6. The lowest BCUT2D eigenvalue weighted by Crippen LogP contribution is -2.17. The molecule has 5 rings (SSSR count). The number of amides is 1. The first-order valence-electron chi connectivity index (χ1n) is 10.9. The minimum Gasteiger partial charge on any atom is -0.497 e. The minimum absolute atomic E-state index is 0.300. The molecule has 8 heteroatoms. The molecule has 0 saturated carbocycles. The summed E-state index contributed by atoms with van der Waals surface area (Å²) < 4.78 is 11.6. The molecule has 1 heterocycles. The molecule has 0 unspecified atom stereocenters. The maximum absolute atomic E-state index is 12.7. The number of nitrogens with zero attached hydrogens (tertiary/aromatic N) is 1. The molecule has 0 saturated heterocycles. The van der Waals surface area contributed by atoms with Crippen LogP contribution in [0.1, 0.15) is 25.6 Å². The predicted molar refractivity (Wildman–Crippen MR) is 144 cm³/mol. The molecule has 1 N–H and O–H groups in total. The Balaban J connectivity index is 1.24. The molecule has 0 aliphatic heterocycles. The number of carbonyl (C=O) groups excluding carboxylic acids is 2. The number of benzene rings is 4. The van der Waals surface area contributed by atoms with Gasteiger partial charge in [-0.05, 0) is 64.9 Å². The molecular formula is C28H19ClN2O4S. The lowest BCUT2D eigenvalue weighted by Gasteiger charge is -2.05. The van der Waals surface area contributed by atoms with E-state index in [1.54, 1.807) is 43.5 Å². The zero-order valence-corrected chi connectivity index (χ0v) is 20.6. The first-order chi connectivity index (χ1) is 17.5. The van der Waals surface area contributed by atoms with Crippen molar-refractivity contribution in [3.63, 3.8) is 0 Å². The summed E-state index contributed by atoms with van der Waals surface area (Å²) in [7, 11) is 1.58. The highest BCUT2D eigenvalue weighted by Crippen LogP contribution is 2.37. The lowest BCUT2D eigenvalue weighted by molar-refractivity contribution is 0.0739. The standard InChI is InChI=1S/C28H19ClN2O4S/c1-34-20-13-14-23-24(15-20)36-26(25(23)29)28(33)35-19-11-9-17(10-12-19)16-30-31-27(32)22-8-4-6-18-5-2-3-7-21(18)22/h2-16H,1H3,(H,31,32)/b30-16+. The molecular weight excluding hydrogens is 496 g/mol. The normalized spacial score (nSPS) is 11.2. The van der Waals surface area contributed by atoms with Crippen LogP contribution in [-0.2, 0) is 0 Å². The van der Waals surface area contributed by atoms with Gasteiger partial charge in [-0.3, -0.25) is 4.79 Å². The fourth-order valence-electron chi connectivity index (χ4n) is 3.73. The van der Waals surface area contributed by atoms with Crippen molar-refractivity contribution < 1.29 is 19.1 Å². The molecule has 178 valence electrons. The molecule has 0 spiro atoms. The van der Waals surface area contributed by atoms with Crippen molar-refractivity contribution in [3.8, 4) is 11.5 Å². The van der Waals surface area contributed by atoms with Crippen LogP contribution in [-0.4, -0.2) is 25.2 Å². The minimum atomic E-state index is -0.538. The van der Waals surface area contributed by atoms with Gasteiger partial charge in [-0.25, -0.2) is 10.2 Å². The number of nitrogens with one attached hydrogen (secondary N) is 1. The topological polar surface area (TPSA) is 77.0 Å². The third-order valence-corrected chi connectivity index (χ3v) is 7.16. The second-order valence-corrected chi connectivity index (χ2v) is 9.22. The van der Waals surface area contributed by atoms with E-state index in [9.17, 15) is 9.59 Å². The van der Waals surface area contributed by atoms with E-state index in [-0.39, 0.29) is 5.91 Å². The van der Waals surface area contributed by atoms with Gasteiger partial charge in [0.25, 0.3) is 5.91 Å². The van der Waals surface area contributed by atoms with Gasteiger partial charge in [-0.2, -0.15) is 5.10 Å². The average molecular weight is 515 g/mol. The van der Waals surface area contributed by atoms with Gasteiger partial charge in [0.15, 0.2) is 0 Å². The van der Waals surface area contributed by atoms with Crippen molar-refractivity contribution in [2.24, 2.45) is 5.10 Å². The summed E-state index contributed by atoms with van der Waals surface area (Å²) in [4.78, 5) is 25.6. The largest absolute Gasteiger partial charge is 0.497 e. The third kappa shape index (κ3) is 4.79. The van der Waals surface area contributed by atoms with Crippen LogP contribution < -0.4 is 14.9 Å². The Kier molecular flexibility index (Phi) is 6.66. The number of esters is 1. The highest BCUT2D eigenvalue weighted by molar-refractivity contribution is 7.21. The molecule has 6 nitrogen and oxygen atoms in total. The monoisotopic (exact) mass is 514 g/mol. The van der Waals surface area contributed by atoms with Crippen LogP contribution in [0.4, 0.5) is 0 Å². The van der Waals surface area contributed by atoms with Crippen LogP contribution in [0, 0.1) is 0 Å². The van der Waals surface area contributed by atoms with E-state index < -0.39 is 5.97 Å². The summed E-state index contributed by atoms with van der Waals surface area (Å²) in [5.41, 5.74) is 3.83. The van der Waals surface area contributed by atoms with Crippen LogP contribution in [0.2, 0.25) is 5.02 Å². The molecule has 5 aromatic rings. The summed E-state index contributed by atoms with van der Waals surface area (Å²) in [6.07, 6.45) is 1.52. The first-order valence-corrected chi connectivity index (χ1v) is 12.1. The maximum atomic E-state index is 12.7. The molecule has 0 bridgehead atoms. The van der Waals surface area contributed by atoms with Crippen molar-refractivity contribution >= 4 is 61.9 Å². The smallest absolute Gasteiger partial charge is 0.355 e. The van der Waals surface area contributed by atoms with E-state index in [1.807, 2.05) is 48.5 Å². The highest BCUT2D eigenvalue weighted by atomic mass is 35.5. The Morgan fingerprint density at radius 3 is 2.47 bits per heavy atom. The molecule has 0 radical (unpaired) electrons. The van der Waals surface area contributed by atoms with E-state index in [1.165, 1.54) is 17.6 Å². The quantitative estimate of drug-likeness (QED) is 0.118. The van der Waals surface area contributed by atoms with E-state index in [2.05, 4.69) is 10.5 Å². The zero-order chi connectivity index (χ0) is 25.1. The lowest BCUT2D eigenvalue weighted by atomic mass is 10.0. The Morgan fingerprint density at radius 1 is 0.917 bits per heavy atom. The van der Waals surface area contributed by atoms with Gasteiger partial charge in [-0.15, -0.1) is 11.3 Å². The molecule has 1 aromatic heterocycles. The molecule has 4 aromatic carbocycles. The van der Waals surface area contributed by atoms with E-state index in [0.717, 1.165) is 26.4 Å². The molecule has 0 fully saturated rings. The number of fused-ring (bicyclic) bond motifs is 2. The summed E-state index contributed by atoms with van der Waals surface area (Å²) in [6.45, 7) is 0. The Morgan fingerprint density at radius 2 is 1.67 bits per heavy atom. The number of halogens is 1. The number of carbonyl (C=O) groups is 2. The van der Waals surface area contributed by atoms with Crippen molar-refractivity contribution in [1.82, 2.24) is 5.43 Å². The third-order valence-electron chi connectivity index (χ3n) is 5.53. The number of hydrogen-bond donors (Lipinski definition) is 1. The van der Waals surface area contributed by atoms with Crippen LogP contribution in [0.25, 0.3) is 20.9 Å². The van der Waals surface area contributed by atoms with Crippen molar-refractivity contribution in [3.05, 3.63) is 106 Å². The van der Waals surface area contributed by atoms with E-state index in [0.29, 0.717) is 27.0 Å². The van der Waals surface area contributed by atoms with Gasteiger partial charge in [-0.1, -0.05) is 48.0 Å². The number of ether oxygens (including phenoxy) is 2. The predicted octanol–water partition coefficient (Wildman–Crippen LogP) is 6.70.